The molecule has 28 heavy (non-hydrogen) atoms. The summed E-state index contributed by atoms with van der Waals surface area (Å²) < 4.78 is 13.4. The summed E-state index contributed by atoms with van der Waals surface area (Å²) in [4.78, 5) is 15.1. The van der Waals surface area contributed by atoms with Gasteiger partial charge in [0.05, 0.1) is 6.04 Å². The average molecular weight is 371 g/mol. The van der Waals surface area contributed by atoms with Crippen LogP contribution in [0.5, 0.6) is 0 Å². The largest absolute Gasteiger partial charge is 0.298 e. The molecule has 3 aromatic rings. The van der Waals surface area contributed by atoms with Crippen molar-refractivity contribution < 1.29 is 9.18 Å². The van der Waals surface area contributed by atoms with Crippen LogP contribution in [0.1, 0.15) is 36.4 Å². The molecule has 2 atom stereocenters. The van der Waals surface area contributed by atoms with Crippen molar-refractivity contribution in [2.75, 3.05) is 4.90 Å². The summed E-state index contributed by atoms with van der Waals surface area (Å²) in [5.41, 5.74) is 3.77. The Kier molecular flexibility index (Phi) is 5.07. The first-order valence-electron chi connectivity index (χ1n) is 9.53. The monoisotopic (exact) mass is 371 g/mol. The van der Waals surface area contributed by atoms with E-state index in [1.165, 1.54) is 17.7 Å². The number of nitrogens with zero attached hydrogens (tertiary/aromatic N) is 1. The smallest absolute Gasteiger partial charge is 0.254 e. The number of carbonyl (C=O) groups excluding carboxylic acids is 1. The number of anilines is 1. The number of amides is 1. The molecule has 4 rings (SSSR count). The number of benzene rings is 3. The fraction of sp³-hybridized carbons (Fsp3) is 0.160. The fourth-order valence-corrected chi connectivity index (χ4v) is 3.78. The Bertz CT molecular complexity index is 980. The molecule has 1 aliphatic heterocycles. The van der Waals surface area contributed by atoms with Crippen LogP contribution in [0.4, 0.5) is 10.1 Å². The summed E-state index contributed by atoms with van der Waals surface area (Å²) in [5.74, 6) is -0.0817. The van der Waals surface area contributed by atoms with Gasteiger partial charge in [0.25, 0.3) is 5.91 Å². The normalized spacial score (nSPS) is 17.5. The van der Waals surface area contributed by atoms with Crippen molar-refractivity contribution in [2.45, 2.75) is 25.3 Å². The second-order valence-corrected chi connectivity index (χ2v) is 7.21. The molecule has 0 bridgehead atoms. The van der Waals surface area contributed by atoms with E-state index in [4.69, 9.17) is 0 Å². The molecule has 3 heteroatoms. The molecule has 0 fully saturated rings. The molecule has 0 aromatic heterocycles. The molecule has 140 valence electrons. The lowest BCUT2D eigenvalue weighted by Crippen LogP contribution is -2.29. The van der Waals surface area contributed by atoms with Crippen molar-refractivity contribution in [1.29, 1.82) is 0 Å². The predicted molar refractivity (Wildman–Crippen MR) is 111 cm³/mol. The van der Waals surface area contributed by atoms with Crippen LogP contribution in [0.15, 0.2) is 96.6 Å². The molecule has 1 amide bonds. The lowest BCUT2D eigenvalue weighted by molar-refractivity contribution is -0.115. The molecule has 0 aliphatic carbocycles. The SMILES string of the molecule is C[C@@H](CC1=C[C@H](c2ccccc2)N(c2ccc(F)cc2)C1=O)c1ccccc1. The van der Waals surface area contributed by atoms with Crippen molar-refractivity contribution in [3.63, 3.8) is 0 Å². The maximum atomic E-state index is 13.4. The van der Waals surface area contributed by atoms with Crippen LogP contribution in [0.3, 0.4) is 0 Å². The van der Waals surface area contributed by atoms with Crippen molar-refractivity contribution >= 4 is 11.6 Å². The van der Waals surface area contributed by atoms with E-state index in [-0.39, 0.29) is 23.7 Å². The summed E-state index contributed by atoms with van der Waals surface area (Å²) in [6, 6.07) is 26.1. The summed E-state index contributed by atoms with van der Waals surface area (Å²) in [6.07, 6.45) is 2.73. The Morgan fingerprint density at radius 3 is 2.14 bits per heavy atom. The van der Waals surface area contributed by atoms with Crippen molar-refractivity contribution in [2.24, 2.45) is 0 Å². The molecular formula is C25H22FNO. The quantitative estimate of drug-likeness (QED) is 0.536. The van der Waals surface area contributed by atoms with Crippen LogP contribution in [0.25, 0.3) is 0 Å². The molecule has 1 aliphatic rings. The zero-order valence-corrected chi connectivity index (χ0v) is 15.8. The maximum Gasteiger partial charge on any atom is 0.254 e. The predicted octanol–water partition coefficient (Wildman–Crippen LogP) is 6.03. The van der Waals surface area contributed by atoms with Crippen LogP contribution in [-0.4, -0.2) is 5.91 Å². The van der Waals surface area contributed by atoms with E-state index < -0.39 is 0 Å². The van der Waals surface area contributed by atoms with E-state index >= 15 is 0 Å². The summed E-state index contributed by atoms with van der Waals surface area (Å²) >= 11 is 0. The molecule has 3 aromatic carbocycles. The van der Waals surface area contributed by atoms with Gasteiger partial charge in [-0.3, -0.25) is 9.69 Å². The highest BCUT2D eigenvalue weighted by atomic mass is 19.1. The van der Waals surface area contributed by atoms with Crippen molar-refractivity contribution in [3.8, 4) is 0 Å². The molecule has 1 heterocycles. The minimum atomic E-state index is -0.308. The number of hydrogen-bond acceptors (Lipinski definition) is 1. The van der Waals surface area contributed by atoms with Gasteiger partial charge in [-0.05, 0) is 53.8 Å². The second kappa shape index (κ2) is 7.81. The first-order chi connectivity index (χ1) is 13.6. The molecular weight excluding hydrogens is 349 g/mol. The second-order valence-electron chi connectivity index (χ2n) is 7.21. The Hall–Kier alpha value is -3.20. The van der Waals surface area contributed by atoms with Crippen LogP contribution in [-0.2, 0) is 4.79 Å². The maximum absolute atomic E-state index is 13.4. The fourth-order valence-electron chi connectivity index (χ4n) is 3.78. The average Bonchev–Trinajstić information content (AvgIpc) is 3.06. The number of halogens is 1. The Labute approximate surface area is 164 Å². The van der Waals surface area contributed by atoms with E-state index in [9.17, 15) is 9.18 Å². The summed E-state index contributed by atoms with van der Waals surface area (Å²) in [5, 5.41) is 0. The number of hydrogen-bond donors (Lipinski definition) is 0. The summed E-state index contributed by atoms with van der Waals surface area (Å²) in [6.45, 7) is 2.14. The Morgan fingerprint density at radius 2 is 1.50 bits per heavy atom. The van der Waals surface area contributed by atoms with Crippen LogP contribution >= 0.6 is 0 Å². The minimum absolute atomic E-state index is 0.0109. The van der Waals surface area contributed by atoms with Gasteiger partial charge in [-0.25, -0.2) is 4.39 Å². The van der Waals surface area contributed by atoms with Gasteiger partial charge < -0.3 is 0 Å². The van der Waals surface area contributed by atoms with Crippen molar-refractivity contribution in [1.82, 2.24) is 0 Å². The highest BCUT2D eigenvalue weighted by Gasteiger charge is 2.34. The van der Waals surface area contributed by atoms with E-state index in [0.717, 1.165) is 11.1 Å². The van der Waals surface area contributed by atoms with Gasteiger partial charge in [0.1, 0.15) is 5.82 Å². The first kappa shape index (κ1) is 18.2. The molecule has 0 unspecified atom stereocenters. The standard InChI is InChI=1S/C25H22FNO/c1-18(19-8-4-2-5-9-19)16-21-17-24(20-10-6-3-7-11-20)27(25(21)28)23-14-12-22(26)13-15-23/h2-15,17-18,24H,16H2,1H3/t18-,24+/m0/s1. The number of carbonyl (C=O) groups is 1. The van der Waals surface area contributed by atoms with Crippen LogP contribution in [0.2, 0.25) is 0 Å². The van der Waals surface area contributed by atoms with Gasteiger partial charge in [-0.1, -0.05) is 67.6 Å². The Balaban J connectivity index is 1.67. The van der Waals surface area contributed by atoms with Gasteiger partial charge in [-0.2, -0.15) is 0 Å². The van der Waals surface area contributed by atoms with E-state index in [0.29, 0.717) is 12.1 Å². The van der Waals surface area contributed by atoms with Gasteiger partial charge >= 0.3 is 0 Å². The van der Waals surface area contributed by atoms with Gasteiger partial charge in [0.15, 0.2) is 0 Å². The third-order valence-electron chi connectivity index (χ3n) is 5.27. The molecule has 2 nitrogen and oxygen atoms in total. The zero-order chi connectivity index (χ0) is 19.5. The number of rotatable bonds is 5. The minimum Gasteiger partial charge on any atom is -0.298 e. The molecule has 0 radical (unpaired) electrons. The lowest BCUT2D eigenvalue weighted by atomic mass is 9.93. The van der Waals surface area contributed by atoms with Crippen LogP contribution in [0, 0.1) is 5.82 Å². The highest BCUT2D eigenvalue weighted by Crippen LogP contribution is 2.38. The summed E-state index contributed by atoms with van der Waals surface area (Å²) in [7, 11) is 0. The highest BCUT2D eigenvalue weighted by molar-refractivity contribution is 6.09. The molecule has 0 spiro atoms. The Morgan fingerprint density at radius 1 is 0.893 bits per heavy atom. The van der Waals surface area contributed by atoms with E-state index in [1.807, 2.05) is 48.5 Å². The van der Waals surface area contributed by atoms with Crippen LogP contribution < -0.4 is 4.90 Å². The van der Waals surface area contributed by atoms with Crippen molar-refractivity contribution in [3.05, 3.63) is 114 Å². The van der Waals surface area contributed by atoms with E-state index in [1.54, 1.807) is 17.0 Å². The molecule has 0 saturated carbocycles. The lowest BCUT2D eigenvalue weighted by Gasteiger charge is -2.25. The third kappa shape index (κ3) is 3.61. The van der Waals surface area contributed by atoms with Gasteiger partial charge in [0.2, 0.25) is 0 Å². The third-order valence-corrected chi connectivity index (χ3v) is 5.27. The topological polar surface area (TPSA) is 20.3 Å². The van der Waals surface area contributed by atoms with Gasteiger partial charge in [-0.15, -0.1) is 0 Å². The molecule has 0 saturated heterocycles. The first-order valence-corrected chi connectivity index (χ1v) is 9.53. The van der Waals surface area contributed by atoms with Gasteiger partial charge in [0, 0.05) is 11.3 Å². The zero-order valence-electron chi connectivity index (χ0n) is 15.8. The molecule has 0 N–H and O–H groups in total. The van der Waals surface area contributed by atoms with E-state index in [2.05, 4.69) is 25.1 Å².